The van der Waals surface area contributed by atoms with Crippen molar-refractivity contribution in [3.63, 3.8) is 0 Å². The molecule has 98 valence electrons. The van der Waals surface area contributed by atoms with Gasteiger partial charge in [-0.15, -0.1) is 10.2 Å². The van der Waals surface area contributed by atoms with Crippen LogP contribution >= 0.6 is 0 Å². The Kier molecular flexibility index (Phi) is 4.49. The topological polar surface area (TPSA) is 79.4 Å². The molecule has 0 amide bonds. The first kappa shape index (κ1) is 13.5. The summed E-state index contributed by atoms with van der Waals surface area (Å²) >= 11 is 0. The van der Waals surface area contributed by atoms with Gasteiger partial charge in [-0.25, -0.2) is 0 Å². The third-order valence-corrected chi connectivity index (χ3v) is 2.61. The molecule has 0 aliphatic carbocycles. The fourth-order valence-corrected chi connectivity index (χ4v) is 1.57. The smallest absolute Gasteiger partial charge is 0.423 e. The van der Waals surface area contributed by atoms with Crippen molar-refractivity contribution in [3.05, 3.63) is 36.2 Å². The molecule has 2 rings (SSSR count). The van der Waals surface area contributed by atoms with E-state index in [4.69, 9.17) is 14.5 Å². The molecule has 5 nitrogen and oxygen atoms in total. The molecule has 1 aromatic heterocycles. The summed E-state index contributed by atoms with van der Waals surface area (Å²) in [6.07, 6.45) is 5.83. The van der Waals surface area contributed by atoms with E-state index in [0.29, 0.717) is 17.2 Å². The highest BCUT2D eigenvalue weighted by Gasteiger charge is 2.12. The summed E-state index contributed by atoms with van der Waals surface area (Å²) in [5, 5.41) is 25.9. The van der Waals surface area contributed by atoms with E-state index < -0.39 is 7.12 Å². The third kappa shape index (κ3) is 3.53. The Labute approximate surface area is 111 Å². The molecule has 1 aromatic carbocycles. The fourth-order valence-electron chi connectivity index (χ4n) is 1.57. The van der Waals surface area contributed by atoms with Crippen LogP contribution < -0.4 is 5.46 Å². The number of aromatic nitrogens is 2. The molecule has 0 aliphatic heterocycles. The van der Waals surface area contributed by atoms with Gasteiger partial charge in [0.15, 0.2) is 0 Å². The standard InChI is InChI=1S/C13H15BN2O3/c1-2-3-4-5-12-15-16-13(19-12)10-6-8-11(9-7-10)14(17)18/h4-9,17-18H,2-3H2,1H3. The molecule has 19 heavy (non-hydrogen) atoms. The number of allylic oxidation sites excluding steroid dienone is 1. The van der Waals surface area contributed by atoms with Crippen molar-refractivity contribution >= 4 is 18.7 Å². The lowest BCUT2D eigenvalue weighted by atomic mass is 9.80. The van der Waals surface area contributed by atoms with E-state index in [2.05, 4.69) is 17.1 Å². The number of nitrogens with zero attached hydrogens (tertiary/aromatic N) is 2. The molecule has 0 saturated carbocycles. The summed E-state index contributed by atoms with van der Waals surface area (Å²) in [5.74, 6) is 0.879. The van der Waals surface area contributed by atoms with Gasteiger partial charge in [0.1, 0.15) is 0 Å². The number of benzene rings is 1. The maximum absolute atomic E-state index is 9.00. The van der Waals surface area contributed by atoms with Gasteiger partial charge in [0.05, 0.1) is 0 Å². The fraction of sp³-hybridized carbons (Fsp3) is 0.231. The van der Waals surface area contributed by atoms with Crippen LogP contribution in [0.3, 0.4) is 0 Å². The van der Waals surface area contributed by atoms with Crippen molar-refractivity contribution in [3.8, 4) is 11.5 Å². The van der Waals surface area contributed by atoms with E-state index in [1.54, 1.807) is 30.3 Å². The van der Waals surface area contributed by atoms with Gasteiger partial charge in [-0.05, 0) is 30.1 Å². The first-order valence-corrected chi connectivity index (χ1v) is 6.17. The lowest BCUT2D eigenvalue weighted by Gasteiger charge is -1.99. The lowest BCUT2D eigenvalue weighted by molar-refractivity contribution is 0.426. The molecular formula is C13H15BN2O3. The second-order valence-electron chi connectivity index (χ2n) is 4.13. The zero-order valence-electron chi connectivity index (χ0n) is 10.7. The Morgan fingerprint density at radius 3 is 2.58 bits per heavy atom. The van der Waals surface area contributed by atoms with Crippen molar-refractivity contribution in [2.75, 3.05) is 0 Å². The summed E-state index contributed by atoms with van der Waals surface area (Å²) in [5.41, 5.74) is 1.17. The van der Waals surface area contributed by atoms with E-state index in [9.17, 15) is 0 Å². The van der Waals surface area contributed by atoms with Crippen molar-refractivity contribution in [1.82, 2.24) is 10.2 Å². The minimum absolute atomic E-state index is 0.412. The first-order chi connectivity index (χ1) is 9.20. The van der Waals surface area contributed by atoms with Crippen LogP contribution in [0.2, 0.25) is 0 Å². The highest BCUT2D eigenvalue weighted by atomic mass is 16.4. The molecule has 0 radical (unpaired) electrons. The second-order valence-corrected chi connectivity index (χ2v) is 4.13. The Morgan fingerprint density at radius 2 is 1.95 bits per heavy atom. The highest BCUT2D eigenvalue weighted by Crippen LogP contribution is 2.17. The largest absolute Gasteiger partial charge is 0.488 e. The van der Waals surface area contributed by atoms with Gasteiger partial charge in [0, 0.05) is 5.56 Å². The van der Waals surface area contributed by atoms with E-state index in [0.717, 1.165) is 18.4 Å². The van der Waals surface area contributed by atoms with Crippen LogP contribution in [0.5, 0.6) is 0 Å². The monoisotopic (exact) mass is 258 g/mol. The quantitative estimate of drug-likeness (QED) is 0.788. The highest BCUT2D eigenvalue weighted by molar-refractivity contribution is 6.58. The van der Waals surface area contributed by atoms with Crippen molar-refractivity contribution in [2.24, 2.45) is 0 Å². The van der Waals surface area contributed by atoms with E-state index in [1.165, 1.54) is 0 Å². The maximum atomic E-state index is 9.00. The van der Waals surface area contributed by atoms with Crippen LogP contribution in [0.15, 0.2) is 34.8 Å². The molecule has 1 heterocycles. The summed E-state index contributed by atoms with van der Waals surface area (Å²) < 4.78 is 5.48. The molecule has 0 spiro atoms. The Morgan fingerprint density at radius 1 is 1.21 bits per heavy atom. The minimum atomic E-state index is -1.47. The normalized spacial score (nSPS) is 11.1. The lowest BCUT2D eigenvalue weighted by Crippen LogP contribution is -2.29. The number of hydrogen-bond acceptors (Lipinski definition) is 5. The Balaban J connectivity index is 2.13. The van der Waals surface area contributed by atoms with Gasteiger partial charge in [-0.3, -0.25) is 0 Å². The van der Waals surface area contributed by atoms with Crippen LogP contribution in [0, 0.1) is 0 Å². The zero-order chi connectivity index (χ0) is 13.7. The molecule has 0 fully saturated rings. The Bertz CT molecular complexity index is 549. The number of unbranched alkanes of at least 4 members (excludes halogenated alkanes) is 1. The van der Waals surface area contributed by atoms with Gasteiger partial charge in [0.2, 0.25) is 11.8 Å². The summed E-state index contributed by atoms with van der Waals surface area (Å²) in [6, 6.07) is 6.64. The second kappa shape index (κ2) is 6.31. The SMILES string of the molecule is CCCC=Cc1nnc(-c2ccc(B(O)O)cc2)o1. The average molecular weight is 258 g/mol. The molecule has 0 saturated heterocycles. The molecule has 2 N–H and O–H groups in total. The van der Waals surface area contributed by atoms with Gasteiger partial charge < -0.3 is 14.5 Å². The van der Waals surface area contributed by atoms with Crippen molar-refractivity contribution < 1.29 is 14.5 Å². The van der Waals surface area contributed by atoms with Gasteiger partial charge in [-0.2, -0.15) is 0 Å². The van der Waals surface area contributed by atoms with E-state index >= 15 is 0 Å². The molecule has 2 aromatic rings. The Hall–Kier alpha value is -1.92. The number of hydrogen-bond donors (Lipinski definition) is 2. The third-order valence-electron chi connectivity index (χ3n) is 2.61. The molecule has 0 atom stereocenters. The maximum Gasteiger partial charge on any atom is 0.488 e. The van der Waals surface area contributed by atoms with Crippen molar-refractivity contribution in [2.45, 2.75) is 19.8 Å². The molecule has 0 bridgehead atoms. The first-order valence-electron chi connectivity index (χ1n) is 6.17. The molecular weight excluding hydrogens is 243 g/mol. The predicted octanol–water partition coefficient (Wildman–Crippen LogP) is 1.23. The van der Waals surface area contributed by atoms with E-state index in [-0.39, 0.29) is 0 Å². The molecule has 0 unspecified atom stereocenters. The molecule has 0 aliphatic rings. The summed E-state index contributed by atoms with van der Waals surface area (Å²) in [4.78, 5) is 0. The predicted molar refractivity (Wildman–Crippen MR) is 73.5 cm³/mol. The van der Waals surface area contributed by atoms with Crippen LogP contribution in [0.1, 0.15) is 25.7 Å². The molecule has 6 heteroatoms. The van der Waals surface area contributed by atoms with Gasteiger partial charge in [-0.1, -0.05) is 31.6 Å². The zero-order valence-corrected chi connectivity index (χ0v) is 10.7. The average Bonchev–Trinajstić information content (AvgIpc) is 2.88. The van der Waals surface area contributed by atoms with Crippen LogP contribution in [0.4, 0.5) is 0 Å². The summed E-state index contributed by atoms with van der Waals surface area (Å²) in [7, 11) is -1.47. The van der Waals surface area contributed by atoms with Crippen LogP contribution in [-0.2, 0) is 0 Å². The van der Waals surface area contributed by atoms with Gasteiger partial charge >= 0.3 is 7.12 Å². The van der Waals surface area contributed by atoms with Gasteiger partial charge in [0.25, 0.3) is 0 Å². The van der Waals surface area contributed by atoms with Crippen LogP contribution in [0.25, 0.3) is 17.5 Å². The minimum Gasteiger partial charge on any atom is -0.423 e. The van der Waals surface area contributed by atoms with E-state index in [1.807, 2.05) is 6.08 Å². The van der Waals surface area contributed by atoms with Crippen molar-refractivity contribution in [1.29, 1.82) is 0 Å². The summed E-state index contributed by atoms with van der Waals surface area (Å²) in [6.45, 7) is 2.10. The van der Waals surface area contributed by atoms with Crippen LogP contribution in [-0.4, -0.2) is 27.4 Å². The number of rotatable bonds is 5.